The van der Waals surface area contributed by atoms with Gasteiger partial charge in [-0.25, -0.2) is 0 Å². The first kappa shape index (κ1) is 16.3. The van der Waals surface area contributed by atoms with E-state index in [9.17, 15) is 9.59 Å². The molecule has 0 aliphatic carbocycles. The van der Waals surface area contributed by atoms with Crippen LogP contribution in [0.3, 0.4) is 0 Å². The number of likely N-dealkylation sites (tertiary alicyclic amines) is 1. The Kier molecular flexibility index (Phi) is 4.69. The summed E-state index contributed by atoms with van der Waals surface area (Å²) in [4.78, 5) is 25.8. The monoisotopic (exact) mass is 329 g/mol. The van der Waals surface area contributed by atoms with Gasteiger partial charge in [0.15, 0.2) is 0 Å². The number of carbonyl (C=O) groups excluding carboxylic acids is 2. The van der Waals surface area contributed by atoms with Gasteiger partial charge in [0, 0.05) is 46.0 Å². The molecule has 0 atom stereocenters. The first-order chi connectivity index (χ1) is 11.6. The molecule has 7 nitrogen and oxygen atoms in total. The second-order valence-corrected chi connectivity index (χ2v) is 6.27. The maximum absolute atomic E-state index is 12.9. The molecule has 1 N–H and O–H groups in total. The largest absolute Gasteiger partial charge is 0.356 e. The Morgan fingerprint density at radius 1 is 1.25 bits per heavy atom. The molecule has 2 amide bonds. The van der Waals surface area contributed by atoms with Crippen molar-refractivity contribution in [2.45, 2.75) is 19.8 Å². The van der Waals surface area contributed by atoms with Crippen LogP contribution >= 0.6 is 0 Å². The van der Waals surface area contributed by atoms with Gasteiger partial charge >= 0.3 is 0 Å². The third-order valence-corrected chi connectivity index (χ3v) is 4.53. The van der Waals surface area contributed by atoms with Gasteiger partial charge in [0.1, 0.15) is 11.4 Å². The van der Waals surface area contributed by atoms with Crippen LogP contribution in [0, 0.1) is 5.92 Å². The highest BCUT2D eigenvalue weighted by molar-refractivity contribution is 5.97. The molecule has 2 aromatic rings. The summed E-state index contributed by atoms with van der Waals surface area (Å²) in [5, 5.41) is 7.12. The van der Waals surface area contributed by atoms with Crippen LogP contribution < -0.4 is 5.32 Å². The zero-order valence-electron chi connectivity index (χ0n) is 14.1. The average molecular weight is 329 g/mol. The number of hydrogen-bond acceptors (Lipinski definition) is 3. The standard InChI is InChI=1S/C17H23N5O2/c1-13(23)18-11-14-5-9-22(10-6-14)17(24)15-12-19-20(2)16(15)21-7-3-4-8-21/h3-4,7-8,12,14H,5-6,9-11H2,1-2H3,(H,18,23). The van der Waals surface area contributed by atoms with Crippen molar-refractivity contribution in [1.82, 2.24) is 24.6 Å². The molecular weight excluding hydrogens is 306 g/mol. The molecule has 24 heavy (non-hydrogen) atoms. The number of carbonyl (C=O) groups is 2. The molecule has 7 heteroatoms. The van der Waals surface area contributed by atoms with Crippen LogP contribution in [-0.4, -0.2) is 50.7 Å². The van der Waals surface area contributed by atoms with E-state index in [2.05, 4.69) is 10.4 Å². The minimum absolute atomic E-state index is 0.000213. The molecule has 128 valence electrons. The highest BCUT2D eigenvalue weighted by Gasteiger charge is 2.27. The lowest BCUT2D eigenvalue weighted by Gasteiger charge is -2.32. The molecule has 1 fully saturated rings. The topological polar surface area (TPSA) is 72.2 Å². The van der Waals surface area contributed by atoms with E-state index in [1.165, 1.54) is 6.92 Å². The van der Waals surface area contributed by atoms with E-state index in [0.717, 1.165) is 18.7 Å². The van der Waals surface area contributed by atoms with Crippen molar-refractivity contribution in [3.8, 4) is 5.82 Å². The Hall–Kier alpha value is -2.57. The Balaban J connectivity index is 1.67. The molecule has 0 spiro atoms. The second-order valence-electron chi connectivity index (χ2n) is 6.27. The minimum atomic E-state index is 0.000213. The van der Waals surface area contributed by atoms with E-state index < -0.39 is 0 Å². The van der Waals surface area contributed by atoms with Gasteiger partial charge in [-0.15, -0.1) is 0 Å². The van der Waals surface area contributed by atoms with Gasteiger partial charge in [0.05, 0.1) is 6.20 Å². The Morgan fingerprint density at radius 3 is 2.54 bits per heavy atom. The number of nitrogens with zero attached hydrogens (tertiary/aromatic N) is 4. The fraction of sp³-hybridized carbons (Fsp3) is 0.471. The van der Waals surface area contributed by atoms with Crippen molar-refractivity contribution in [3.63, 3.8) is 0 Å². The van der Waals surface area contributed by atoms with Gasteiger partial charge in [-0.3, -0.25) is 14.3 Å². The lowest BCUT2D eigenvalue weighted by Crippen LogP contribution is -2.41. The lowest BCUT2D eigenvalue weighted by molar-refractivity contribution is -0.119. The molecule has 3 heterocycles. The van der Waals surface area contributed by atoms with Crippen molar-refractivity contribution < 1.29 is 9.59 Å². The molecule has 0 bridgehead atoms. The van der Waals surface area contributed by atoms with Crippen molar-refractivity contribution in [3.05, 3.63) is 36.3 Å². The van der Waals surface area contributed by atoms with Crippen LogP contribution in [0.2, 0.25) is 0 Å². The van der Waals surface area contributed by atoms with Gasteiger partial charge in [-0.05, 0) is 30.9 Å². The summed E-state index contributed by atoms with van der Waals surface area (Å²) in [5.74, 6) is 1.24. The van der Waals surface area contributed by atoms with Crippen LogP contribution in [0.4, 0.5) is 0 Å². The predicted molar refractivity (Wildman–Crippen MR) is 89.8 cm³/mol. The Morgan fingerprint density at radius 2 is 1.92 bits per heavy atom. The maximum Gasteiger partial charge on any atom is 0.259 e. The molecular formula is C17H23N5O2. The summed E-state index contributed by atoms with van der Waals surface area (Å²) in [6.07, 6.45) is 7.28. The molecule has 1 aliphatic heterocycles. The van der Waals surface area contributed by atoms with Crippen LogP contribution in [-0.2, 0) is 11.8 Å². The van der Waals surface area contributed by atoms with E-state index in [0.29, 0.717) is 31.1 Å². The van der Waals surface area contributed by atoms with Gasteiger partial charge in [-0.2, -0.15) is 5.10 Å². The van der Waals surface area contributed by atoms with E-state index in [-0.39, 0.29) is 11.8 Å². The van der Waals surface area contributed by atoms with E-state index in [1.54, 1.807) is 10.9 Å². The number of piperidine rings is 1. The summed E-state index contributed by atoms with van der Waals surface area (Å²) in [6, 6.07) is 3.85. The Labute approximate surface area is 141 Å². The summed E-state index contributed by atoms with van der Waals surface area (Å²) in [5.41, 5.74) is 0.619. The predicted octanol–water partition coefficient (Wildman–Crippen LogP) is 1.20. The lowest BCUT2D eigenvalue weighted by atomic mass is 9.96. The Bertz CT molecular complexity index is 711. The molecule has 0 radical (unpaired) electrons. The quantitative estimate of drug-likeness (QED) is 0.916. The molecule has 1 saturated heterocycles. The van der Waals surface area contributed by atoms with E-state index in [4.69, 9.17) is 0 Å². The fourth-order valence-electron chi connectivity index (χ4n) is 3.16. The molecule has 3 rings (SSSR count). The average Bonchev–Trinajstić information content (AvgIpc) is 3.22. The highest BCUT2D eigenvalue weighted by Crippen LogP contribution is 2.21. The first-order valence-electron chi connectivity index (χ1n) is 8.25. The van der Waals surface area contributed by atoms with E-state index >= 15 is 0 Å². The zero-order chi connectivity index (χ0) is 17.1. The molecule has 0 unspecified atom stereocenters. The number of hydrogen-bond donors (Lipinski definition) is 1. The minimum Gasteiger partial charge on any atom is -0.356 e. The van der Waals surface area contributed by atoms with Gasteiger partial charge < -0.3 is 14.8 Å². The maximum atomic E-state index is 12.9. The highest BCUT2D eigenvalue weighted by atomic mass is 16.2. The normalized spacial score (nSPS) is 15.5. The summed E-state index contributed by atoms with van der Waals surface area (Å²) >= 11 is 0. The van der Waals surface area contributed by atoms with Crippen LogP contribution in [0.1, 0.15) is 30.1 Å². The van der Waals surface area contributed by atoms with Crippen LogP contribution in [0.5, 0.6) is 0 Å². The van der Waals surface area contributed by atoms with Crippen molar-refractivity contribution in [2.24, 2.45) is 13.0 Å². The fourth-order valence-corrected chi connectivity index (χ4v) is 3.16. The summed E-state index contributed by atoms with van der Waals surface area (Å²) in [6.45, 7) is 3.65. The van der Waals surface area contributed by atoms with E-state index in [1.807, 2.05) is 41.0 Å². The molecule has 0 aromatic carbocycles. The number of aromatic nitrogens is 3. The number of rotatable bonds is 4. The number of amides is 2. The third kappa shape index (κ3) is 3.34. The molecule has 1 aliphatic rings. The van der Waals surface area contributed by atoms with Crippen molar-refractivity contribution in [1.29, 1.82) is 0 Å². The van der Waals surface area contributed by atoms with Crippen LogP contribution in [0.15, 0.2) is 30.7 Å². The van der Waals surface area contributed by atoms with Gasteiger partial charge in [0.25, 0.3) is 5.91 Å². The van der Waals surface area contributed by atoms with Gasteiger partial charge in [0.2, 0.25) is 5.91 Å². The van der Waals surface area contributed by atoms with Crippen LogP contribution in [0.25, 0.3) is 5.82 Å². The molecule has 0 saturated carbocycles. The smallest absolute Gasteiger partial charge is 0.259 e. The second kappa shape index (κ2) is 6.90. The van der Waals surface area contributed by atoms with Gasteiger partial charge in [-0.1, -0.05) is 0 Å². The third-order valence-electron chi connectivity index (χ3n) is 4.53. The molecule has 2 aromatic heterocycles. The number of nitrogens with one attached hydrogen (secondary N) is 1. The summed E-state index contributed by atoms with van der Waals surface area (Å²) in [7, 11) is 1.84. The SMILES string of the molecule is CC(=O)NCC1CCN(C(=O)c2cnn(C)c2-n2cccc2)CC1. The first-order valence-corrected chi connectivity index (χ1v) is 8.25. The summed E-state index contributed by atoms with van der Waals surface area (Å²) < 4.78 is 3.63. The van der Waals surface area contributed by atoms with Crippen molar-refractivity contribution in [2.75, 3.05) is 19.6 Å². The number of aryl methyl sites for hydroxylation is 1. The van der Waals surface area contributed by atoms with Crippen molar-refractivity contribution >= 4 is 11.8 Å². The zero-order valence-corrected chi connectivity index (χ0v) is 14.1.